The predicted octanol–water partition coefficient (Wildman–Crippen LogP) is 3.67. The molecule has 0 amide bonds. The fourth-order valence-corrected chi connectivity index (χ4v) is 4.38. The first kappa shape index (κ1) is 16.1. The molecule has 0 bridgehead atoms. The molecule has 0 spiro atoms. The average Bonchev–Trinajstić information content (AvgIpc) is 2.50. The number of allylic oxidation sites excluding steroid dienone is 1. The molecule has 1 aliphatic rings. The quantitative estimate of drug-likeness (QED) is 0.780. The summed E-state index contributed by atoms with van der Waals surface area (Å²) in [5, 5.41) is 0. The summed E-state index contributed by atoms with van der Waals surface area (Å²) in [4.78, 5) is 0. The molecule has 0 atom stereocenters. The minimum atomic E-state index is -2.82. The van der Waals surface area contributed by atoms with Gasteiger partial charge in [-0.3, -0.25) is 0 Å². The average molecular weight is 308 g/mol. The van der Waals surface area contributed by atoms with Crippen LogP contribution in [0.5, 0.6) is 0 Å². The Bertz CT molecular complexity index is 574. The Morgan fingerprint density at radius 2 is 1.86 bits per heavy atom. The summed E-state index contributed by atoms with van der Waals surface area (Å²) >= 11 is 0. The molecule has 1 aromatic rings. The maximum Gasteiger partial charge on any atom is 0.150 e. The maximum atomic E-state index is 11.6. The molecule has 4 heteroatoms. The highest BCUT2D eigenvalue weighted by Crippen LogP contribution is 2.36. The molecule has 0 aromatic heterocycles. The number of sulfone groups is 1. The SMILES string of the molecule is CCC1(CO/C=C(/C)c2ccccc2)CCS(=O)(=O)CC1. The molecule has 116 valence electrons. The van der Waals surface area contributed by atoms with Crippen LogP contribution in [-0.2, 0) is 14.6 Å². The van der Waals surface area contributed by atoms with E-state index in [1.165, 1.54) is 0 Å². The molecule has 1 saturated heterocycles. The Hall–Kier alpha value is -1.29. The fourth-order valence-electron chi connectivity index (χ4n) is 2.68. The highest BCUT2D eigenvalue weighted by molar-refractivity contribution is 7.91. The molecule has 3 nitrogen and oxygen atoms in total. The van der Waals surface area contributed by atoms with Crippen molar-refractivity contribution in [3.05, 3.63) is 42.2 Å². The standard InChI is InChI=1S/C17H24O3S/c1-3-17(9-11-21(18,19)12-10-17)14-20-13-15(2)16-7-5-4-6-8-16/h4-8,13H,3,9-12,14H2,1-2H3/b15-13-. The number of benzene rings is 1. The Morgan fingerprint density at radius 3 is 2.43 bits per heavy atom. The normalized spacial score (nSPS) is 21.0. The Labute approximate surface area is 127 Å². The van der Waals surface area contributed by atoms with Gasteiger partial charge in [-0.15, -0.1) is 0 Å². The first-order valence-corrected chi connectivity index (χ1v) is 9.33. The molecule has 0 unspecified atom stereocenters. The van der Waals surface area contributed by atoms with Gasteiger partial charge in [0.2, 0.25) is 0 Å². The van der Waals surface area contributed by atoms with Crippen LogP contribution < -0.4 is 0 Å². The zero-order valence-electron chi connectivity index (χ0n) is 12.8. The van der Waals surface area contributed by atoms with Gasteiger partial charge in [0.05, 0.1) is 24.4 Å². The van der Waals surface area contributed by atoms with Gasteiger partial charge in [0.25, 0.3) is 0 Å². The Kier molecular flexibility index (Phi) is 5.09. The second-order valence-corrected chi connectivity index (χ2v) is 8.29. The highest BCUT2D eigenvalue weighted by Gasteiger charge is 2.36. The number of rotatable bonds is 5. The second kappa shape index (κ2) is 6.65. The first-order chi connectivity index (χ1) is 9.96. The van der Waals surface area contributed by atoms with Gasteiger partial charge in [0, 0.05) is 5.41 Å². The molecule has 0 aliphatic carbocycles. The van der Waals surface area contributed by atoms with Gasteiger partial charge in [-0.25, -0.2) is 8.42 Å². The van der Waals surface area contributed by atoms with Crippen LogP contribution >= 0.6 is 0 Å². The lowest BCUT2D eigenvalue weighted by atomic mass is 9.80. The molecular formula is C17H24O3S. The lowest BCUT2D eigenvalue weighted by molar-refractivity contribution is 0.0933. The smallest absolute Gasteiger partial charge is 0.150 e. The number of hydrogen-bond donors (Lipinski definition) is 0. The zero-order valence-corrected chi connectivity index (χ0v) is 13.7. The monoisotopic (exact) mass is 308 g/mol. The summed E-state index contributed by atoms with van der Waals surface area (Å²) < 4.78 is 28.9. The van der Waals surface area contributed by atoms with Crippen molar-refractivity contribution in [2.24, 2.45) is 5.41 Å². The molecule has 0 N–H and O–H groups in total. The molecule has 1 fully saturated rings. The van der Waals surface area contributed by atoms with Gasteiger partial charge < -0.3 is 4.74 Å². The molecule has 21 heavy (non-hydrogen) atoms. The summed E-state index contributed by atoms with van der Waals surface area (Å²) in [6.45, 7) is 4.75. The topological polar surface area (TPSA) is 43.4 Å². The maximum absolute atomic E-state index is 11.6. The van der Waals surface area contributed by atoms with Crippen molar-refractivity contribution in [1.29, 1.82) is 0 Å². The van der Waals surface area contributed by atoms with Gasteiger partial charge in [0.1, 0.15) is 9.84 Å². The van der Waals surface area contributed by atoms with Crippen molar-refractivity contribution in [3.63, 3.8) is 0 Å². The highest BCUT2D eigenvalue weighted by atomic mass is 32.2. The van der Waals surface area contributed by atoms with E-state index >= 15 is 0 Å². The number of ether oxygens (including phenoxy) is 1. The largest absolute Gasteiger partial charge is 0.500 e. The van der Waals surface area contributed by atoms with Gasteiger partial charge in [-0.05, 0) is 37.3 Å². The summed E-state index contributed by atoms with van der Waals surface area (Å²) in [6.07, 6.45) is 4.19. The van der Waals surface area contributed by atoms with Crippen LogP contribution in [0.25, 0.3) is 5.57 Å². The van der Waals surface area contributed by atoms with Crippen LogP contribution in [0.3, 0.4) is 0 Å². The zero-order chi connectivity index (χ0) is 15.3. The van der Waals surface area contributed by atoms with E-state index in [4.69, 9.17) is 4.74 Å². The van der Waals surface area contributed by atoms with Crippen LogP contribution in [0.4, 0.5) is 0 Å². The summed E-state index contributed by atoms with van der Waals surface area (Å²) in [6, 6.07) is 10.1. The Morgan fingerprint density at radius 1 is 1.24 bits per heavy atom. The lowest BCUT2D eigenvalue weighted by Crippen LogP contribution is -2.36. The first-order valence-electron chi connectivity index (χ1n) is 7.51. The van der Waals surface area contributed by atoms with Gasteiger partial charge in [-0.2, -0.15) is 0 Å². The number of hydrogen-bond acceptors (Lipinski definition) is 3. The molecule has 1 heterocycles. The minimum Gasteiger partial charge on any atom is -0.500 e. The summed E-state index contributed by atoms with van der Waals surface area (Å²) in [5.41, 5.74) is 2.25. The van der Waals surface area contributed by atoms with E-state index in [9.17, 15) is 8.42 Å². The van der Waals surface area contributed by atoms with Crippen molar-refractivity contribution in [3.8, 4) is 0 Å². The van der Waals surface area contributed by atoms with Crippen molar-refractivity contribution in [1.82, 2.24) is 0 Å². The van der Waals surface area contributed by atoms with Gasteiger partial charge in [0.15, 0.2) is 0 Å². The summed E-state index contributed by atoms with van der Waals surface area (Å²) in [7, 11) is -2.82. The van der Waals surface area contributed by atoms with E-state index in [1.807, 2.05) is 25.1 Å². The predicted molar refractivity (Wildman–Crippen MR) is 86.7 cm³/mol. The van der Waals surface area contributed by atoms with Crippen LogP contribution in [0.1, 0.15) is 38.7 Å². The van der Waals surface area contributed by atoms with Crippen LogP contribution in [-0.4, -0.2) is 26.5 Å². The van der Waals surface area contributed by atoms with E-state index in [0.717, 1.165) is 17.6 Å². The van der Waals surface area contributed by atoms with Gasteiger partial charge >= 0.3 is 0 Å². The molecule has 0 saturated carbocycles. The van der Waals surface area contributed by atoms with E-state index in [2.05, 4.69) is 19.1 Å². The molecule has 2 rings (SSSR count). The minimum absolute atomic E-state index is 0.0127. The van der Waals surface area contributed by atoms with E-state index in [1.54, 1.807) is 6.26 Å². The lowest BCUT2D eigenvalue weighted by Gasteiger charge is -2.35. The van der Waals surface area contributed by atoms with Crippen molar-refractivity contribution >= 4 is 15.4 Å². The molecule has 1 aromatic carbocycles. The van der Waals surface area contributed by atoms with Crippen LogP contribution in [0.15, 0.2) is 36.6 Å². The van der Waals surface area contributed by atoms with Crippen molar-refractivity contribution in [2.45, 2.75) is 33.1 Å². The van der Waals surface area contributed by atoms with Crippen molar-refractivity contribution in [2.75, 3.05) is 18.1 Å². The second-order valence-electron chi connectivity index (χ2n) is 5.98. The third-order valence-electron chi connectivity index (χ3n) is 4.52. The van der Waals surface area contributed by atoms with E-state index in [-0.39, 0.29) is 5.41 Å². The third kappa shape index (κ3) is 4.34. The third-order valence-corrected chi connectivity index (χ3v) is 6.17. The molecular weight excluding hydrogens is 284 g/mol. The molecule has 0 radical (unpaired) electrons. The van der Waals surface area contributed by atoms with E-state index < -0.39 is 9.84 Å². The van der Waals surface area contributed by atoms with Gasteiger partial charge in [-0.1, -0.05) is 37.3 Å². The van der Waals surface area contributed by atoms with Crippen molar-refractivity contribution < 1.29 is 13.2 Å². The Balaban J connectivity index is 1.95. The van der Waals surface area contributed by atoms with Crippen LogP contribution in [0, 0.1) is 5.41 Å². The van der Waals surface area contributed by atoms with Crippen LogP contribution in [0.2, 0.25) is 0 Å². The summed E-state index contributed by atoms with van der Waals surface area (Å²) in [5.74, 6) is 0.594. The molecule has 1 aliphatic heterocycles. The fraction of sp³-hybridized carbons (Fsp3) is 0.529. The van der Waals surface area contributed by atoms with E-state index in [0.29, 0.717) is 31.0 Å².